The van der Waals surface area contributed by atoms with Gasteiger partial charge in [-0.25, -0.2) is 9.78 Å². The number of rotatable bonds is 7. The molecule has 0 bridgehead atoms. The molecule has 2 rings (SSSR count). The van der Waals surface area contributed by atoms with Gasteiger partial charge in [0.2, 0.25) is 0 Å². The topological polar surface area (TPSA) is 69.8 Å². The van der Waals surface area contributed by atoms with Crippen molar-refractivity contribution in [1.29, 1.82) is 0 Å². The number of aromatic amines is 1. The van der Waals surface area contributed by atoms with E-state index in [1.807, 2.05) is 24.4 Å². The van der Waals surface area contributed by atoms with E-state index in [-0.39, 0.29) is 12.6 Å². The first-order valence-electron chi connectivity index (χ1n) is 6.22. The third kappa shape index (κ3) is 3.72. The van der Waals surface area contributed by atoms with E-state index in [0.717, 1.165) is 16.5 Å². The van der Waals surface area contributed by atoms with Crippen LogP contribution in [0.4, 0.5) is 0 Å². The smallest absolute Gasteiger partial charge is 0.302 e. The number of ether oxygens (including phenoxy) is 2. The van der Waals surface area contributed by atoms with Crippen LogP contribution in [0.3, 0.4) is 0 Å². The first-order chi connectivity index (χ1) is 9.70. The lowest BCUT2D eigenvalue weighted by molar-refractivity contribution is -0.282. The summed E-state index contributed by atoms with van der Waals surface area (Å²) >= 11 is 0. The van der Waals surface area contributed by atoms with Gasteiger partial charge in [-0.1, -0.05) is 0 Å². The van der Waals surface area contributed by atoms with Crippen LogP contribution in [-0.4, -0.2) is 31.3 Å². The maximum Gasteiger partial charge on any atom is 0.302 e. The van der Waals surface area contributed by atoms with Crippen LogP contribution in [0.25, 0.3) is 10.9 Å². The summed E-state index contributed by atoms with van der Waals surface area (Å²) in [5.74, 6) is 0.400. The van der Waals surface area contributed by atoms with Crippen molar-refractivity contribution in [3.63, 3.8) is 0 Å². The normalized spacial score (nSPS) is 10.7. The van der Waals surface area contributed by atoms with Gasteiger partial charge in [0.1, 0.15) is 25.6 Å². The summed E-state index contributed by atoms with van der Waals surface area (Å²) in [6.45, 7) is 2.28. The average molecular weight is 279 g/mol. The van der Waals surface area contributed by atoms with E-state index in [1.54, 1.807) is 0 Å². The van der Waals surface area contributed by atoms with Crippen molar-refractivity contribution in [3.05, 3.63) is 30.0 Å². The highest BCUT2D eigenvalue weighted by Crippen LogP contribution is 2.24. The van der Waals surface area contributed by atoms with Crippen LogP contribution >= 0.6 is 0 Å². The standard InChI is InChI=1S/C14H17NO5/c1-10(16)18-5-6-19-12-3-4-14-13(7-12)11(8-15-14)9-20-17-2/h3-4,7-8,15H,5-6,9H2,1-2H3. The summed E-state index contributed by atoms with van der Waals surface area (Å²) in [7, 11) is 1.47. The highest BCUT2D eigenvalue weighted by atomic mass is 17.2. The minimum Gasteiger partial charge on any atom is -0.490 e. The highest BCUT2D eigenvalue weighted by molar-refractivity contribution is 5.84. The number of benzene rings is 1. The molecular weight excluding hydrogens is 262 g/mol. The molecule has 0 aliphatic carbocycles. The van der Waals surface area contributed by atoms with Crippen molar-refractivity contribution in [3.8, 4) is 5.75 Å². The van der Waals surface area contributed by atoms with E-state index in [9.17, 15) is 4.79 Å². The van der Waals surface area contributed by atoms with Gasteiger partial charge in [0.15, 0.2) is 0 Å². The van der Waals surface area contributed by atoms with Gasteiger partial charge in [0.05, 0.1) is 7.11 Å². The van der Waals surface area contributed by atoms with E-state index in [4.69, 9.17) is 14.4 Å². The molecule has 0 unspecified atom stereocenters. The molecule has 6 nitrogen and oxygen atoms in total. The van der Waals surface area contributed by atoms with Crippen LogP contribution in [0.15, 0.2) is 24.4 Å². The van der Waals surface area contributed by atoms with Crippen molar-refractivity contribution in [2.24, 2.45) is 0 Å². The lowest BCUT2D eigenvalue weighted by atomic mass is 10.2. The van der Waals surface area contributed by atoms with E-state index in [2.05, 4.69) is 9.87 Å². The van der Waals surface area contributed by atoms with Gasteiger partial charge in [-0.2, -0.15) is 0 Å². The summed E-state index contributed by atoms with van der Waals surface area (Å²) in [6, 6.07) is 5.69. The molecule has 0 aliphatic rings. The first-order valence-corrected chi connectivity index (χ1v) is 6.22. The first kappa shape index (κ1) is 14.4. The summed E-state index contributed by atoms with van der Waals surface area (Å²) in [4.78, 5) is 23.3. The third-order valence-corrected chi connectivity index (χ3v) is 2.73. The molecule has 2 aromatic rings. The molecule has 0 radical (unpaired) electrons. The lowest BCUT2D eigenvalue weighted by Gasteiger charge is -2.07. The Hall–Kier alpha value is -2.05. The minimum atomic E-state index is -0.311. The highest BCUT2D eigenvalue weighted by Gasteiger charge is 2.06. The summed E-state index contributed by atoms with van der Waals surface area (Å²) in [5, 5.41) is 1.01. The second-order valence-corrected chi connectivity index (χ2v) is 4.14. The molecule has 1 aromatic heterocycles. The zero-order valence-corrected chi connectivity index (χ0v) is 11.5. The number of H-pyrrole nitrogens is 1. The Labute approximate surface area is 116 Å². The number of hydrogen-bond donors (Lipinski definition) is 1. The van der Waals surface area contributed by atoms with Crippen molar-refractivity contribution < 1.29 is 24.0 Å². The second kappa shape index (κ2) is 6.93. The maximum atomic E-state index is 10.6. The fraction of sp³-hybridized carbons (Fsp3) is 0.357. The van der Waals surface area contributed by atoms with Crippen molar-refractivity contribution in [1.82, 2.24) is 4.98 Å². The molecule has 0 spiro atoms. The number of esters is 1. The zero-order valence-electron chi connectivity index (χ0n) is 11.5. The van der Waals surface area contributed by atoms with Gasteiger partial charge in [-0.05, 0) is 18.2 Å². The molecule has 0 amide bonds. The van der Waals surface area contributed by atoms with Gasteiger partial charge in [-0.3, -0.25) is 4.79 Å². The fourth-order valence-electron chi connectivity index (χ4n) is 1.83. The van der Waals surface area contributed by atoms with E-state index in [1.165, 1.54) is 14.0 Å². The van der Waals surface area contributed by atoms with E-state index >= 15 is 0 Å². The van der Waals surface area contributed by atoms with Crippen molar-refractivity contribution in [2.45, 2.75) is 13.5 Å². The Bertz CT molecular complexity index is 578. The molecular formula is C14H17NO5. The van der Waals surface area contributed by atoms with Crippen LogP contribution in [-0.2, 0) is 25.9 Å². The second-order valence-electron chi connectivity index (χ2n) is 4.14. The van der Waals surface area contributed by atoms with Gasteiger partial charge >= 0.3 is 5.97 Å². The lowest BCUT2D eigenvalue weighted by Crippen LogP contribution is -2.09. The molecule has 0 atom stereocenters. The van der Waals surface area contributed by atoms with E-state index < -0.39 is 0 Å². The third-order valence-electron chi connectivity index (χ3n) is 2.73. The number of hydrogen-bond acceptors (Lipinski definition) is 5. The average Bonchev–Trinajstić information content (AvgIpc) is 2.83. The van der Waals surface area contributed by atoms with E-state index in [0.29, 0.717) is 19.0 Å². The zero-order chi connectivity index (χ0) is 14.4. The maximum absolute atomic E-state index is 10.6. The number of carbonyl (C=O) groups is 1. The molecule has 1 N–H and O–H groups in total. The molecule has 20 heavy (non-hydrogen) atoms. The number of nitrogens with one attached hydrogen (secondary N) is 1. The minimum absolute atomic E-state index is 0.236. The summed E-state index contributed by atoms with van der Waals surface area (Å²) < 4.78 is 10.3. The molecule has 0 aliphatic heterocycles. The van der Waals surface area contributed by atoms with Crippen molar-refractivity contribution in [2.75, 3.05) is 20.3 Å². The molecule has 0 fully saturated rings. The Kier molecular flexibility index (Phi) is 4.97. The number of carbonyl (C=O) groups excluding carboxylic acids is 1. The molecule has 6 heteroatoms. The van der Waals surface area contributed by atoms with Gasteiger partial charge in [-0.15, -0.1) is 0 Å². The number of aromatic nitrogens is 1. The van der Waals surface area contributed by atoms with Gasteiger partial charge < -0.3 is 14.5 Å². The summed E-state index contributed by atoms with van der Waals surface area (Å²) in [6.07, 6.45) is 1.87. The molecule has 108 valence electrons. The van der Waals surface area contributed by atoms with Crippen LogP contribution < -0.4 is 4.74 Å². The van der Waals surface area contributed by atoms with Gasteiger partial charge in [0, 0.05) is 29.6 Å². The predicted molar refractivity (Wildman–Crippen MR) is 72.2 cm³/mol. The Morgan fingerprint density at radius 2 is 2.15 bits per heavy atom. The number of fused-ring (bicyclic) bond motifs is 1. The van der Waals surface area contributed by atoms with Crippen LogP contribution in [0.1, 0.15) is 12.5 Å². The SMILES string of the molecule is COOCc1c[nH]c2ccc(OCCOC(C)=O)cc12. The molecule has 0 saturated heterocycles. The molecule has 0 saturated carbocycles. The Balaban J connectivity index is 2.01. The predicted octanol–water partition coefficient (Wildman–Crippen LogP) is 2.19. The van der Waals surface area contributed by atoms with Crippen LogP contribution in [0.5, 0.6) is 5.75 Å². The van der Waals surface area contributed by atoms with Crippen LogP contribution in [0.2, 0.25) is 0 Å². The van der Waals surface area contributed by atoms with Crippen molar-refractivity contribution >= 4 is 16.9 Å². The summed E-state index contributed by atoms with van der Waals surface area (Å²) in [5.41, 5.74) is 1.97. The Morgan fingerprint density at radius 1 is 1.30 bits per heavy atom. The largest absolute Gasteiger partial charge is 0.490 e. The quantitative estimate of drug-likeness (QED) is 0.364. The molecule has 1 aromatic carbocycles. The van der Waals surface area contributed by atoms with Crippen LogP contribution in [0, 0.1) is 0 Å². The molecule has 1 heterocycles. The Morgan fingerprint density at radius 3 is 2.90 bits per heavy atom. The van der Waals surface area contributed by atoms with Gasteiger partial charge in [0.25, 0.3) is 0 Å². The fourth-order valence-corrected chi connectivity index (χ4v) is 1.83. The monoisotopic (exact) mass is 279 g/mol.